The Labute approximate surface area is 209 Å². The number of fused-ring (bicyclic) bond motifs is 1. The molecule has 1 fully saturated rings. The number of carbonyl (C=O) groups is 4. The summed E-state index contributed by atoms with van der Waals surface area (Å²) in [6, 6.07) is 9.15. The third-order valence-electron chi connectivity index (χ3n) is 5.72. The van der Waals surface area contributed by atoms with E-state index in [0.29, 0.717) is 29.5 Å². The van der Waals surface area contributed by atoms with Gasteiger partial charge in [0.2, 0.25) is 11.8 Å². The first-order valence-corrected chi connectivity index (χ1v) is 10.9. The summed E-state index contributed by atoms with van der Waals surface area (Å²) in [4.78, 5) is 53.1. The van der Waals surface area contributed by atoms with Gasteiger partial charge in [-0.15, -0.1) is 12.4 Å². The molecule has 2 N–H and O–H groups in total. The van der Waals surface area contributed by atoms with Crippen molar-refractivity contribution in [1.82, 2.24) is 15.1 Å². The molecular weight excluding hydrogens is 476 g/mol. The molecule has 0 saturated carbocycles. The van der Waals surface area contributed by atoms with E-state index >= 15 is 0 Å². The van der Waals surface area contributed by atoms with E-state index in [1.807, 2.05) is 19.0 Å². The van der Waals surface area contributed by atoms with Crippen LogP contribution < -0.4 is 20.1 Å². The minimum absolute atomic E-state index is 0. The van der Waals surface area contributed by atoms with Crippen LogP contribution in [0.4, 0.5) is 11.4 Å². The predicted octanol–water partition coefficient (Wildman–Crippen LogP) is 2.20. The number of nitrogens with one attached hydrogen (secondary N) is 2. The number of amides is 4. The number of hydrogen-bond acceptors (Lipinski definition) is 8. The lowest BCUT2D eigenvalue weighted by Crippen LogP contribution is -2.54. The maximum atomic E-state index is 13.3. The van der Waals surface area contributed by atoms with Crippen LogP contribution >= 0.6 is 12.4 Å². The zero-order chi connectivity index (χ0) is 24.4. The van der Waals surface area contributed by atoms with E-state index < -0.39 is 29.7 Å². The Bertz CT molecular complexity index is 1170. The maximum absolute atomic E-state index is 13.3. The van der Waals surface area contributed by atoms with Crippen LogP contribution in [0.5, 0.6) is 11.5 Å². The highest BCUT2D eigenvalue weighted by Crippen LogP contribution is 2.37. The van der Waals surface area contributed by atoms with Crippen molar-refractivity contribution in [3.8, 4) is 11.5 Å². The Hall–Kier alpha value is -3.63. The molecule has 4 amide bonds. The molecule has 0 bridgehead atoms. The third kappa shape index (κ3) is 5.23. The number of piperidine rings is 1. The van der Waals surface area contributed by atoms with Crippen molar-refractivity contribution >= 4 is 47.4 Å². The summed E-state index contributed by atoms with van der Waals surface area (Å²) < 4.78 is 11.2. The third-order valence-corrected chi connectivity index (χ3v) is 5.72. The molecule has 1 atom stereocenters. The molecule has 2 aromatic carbocycles. The number of halogens is 1. The molecule has 0 radical (unpaired) electrons. The largest absolute Gasteiger partial charge is 0.494 e. The van der Waals surface area contributed by atoms with Gasteiger partial charge in [-0.3, -0.25) is 29.4 Å². The summed E-state index contributed by atoms with van der Waals surface area (Å²) in [6.45, 7) is 1.28. The van der Waals surface area contributed by atoms with Crippen LogP contribution in [0, 0.1) is 0 Å². The Morgan fingerprint density at radius 1 is 1.09 bits per heavy atom. The van der Waals surface area contributed by atoms with Crippen LogP contribution in [-0.4, -0.2) is 73.8 Å². The van der Waals surface area contributed by atoms with E-state index in [2.05, 4.69) is 10.6 Å². The highest BCUT2D eigenvalue weighted by Gasteiger charge is 2.45. The van der Waals surface area contributed by atoms with Gasteiger partial charge in [-0.25, -0.2) is 0 Å². The van der Waals surface area contributed by atoms with Gasteiger partial charge < -0.3 is 19.7 Å². The second kappa shape index (κ2) is 10.7. The Kier molecular flexibility index (Phi) is 7.98. The standard InChI is InChI=1S/C24H26N4O6.ClH/c1-27(2)11-12-34-14-7-8-16(19(13-14)33-3)25-17-6-4-5-15-21(17)24(32)28(23(15)31)18-9-10-20(29)26-22(18)30;/h4-8,13,18,25H,9-12H2,1-3H3,(H,26,29,30);1H. The molecule has 0 aromatic heterocycles. The molecule has 10 nitrogen and oxygen atoms in total. The number of hydrogen-bond donors (Lipinski definition) is 2. The quantitative estimate of drug-likeness (QED) is 0.528. The van der Waals surface area contributed by atoms with E-state index in [4.69, 9.17) is 9.47 Å². The van der Waals surface area contributed by atoms with Crippen molar-refractivity contribution in [3.63, 3.8) is 0 Å². The Morgan fingerprint density at radius 3 is 2.54 bits per heavy atom. The molecule has 4 rings (SSSR count). The summed E-state index contributed by atoms with van der Waals surface area (Å²) in [7, 11) is 5.45. The average molecular weight is 503 g/mol. The summed E-state index contributed by atoms with van der Waals surface area (Å²) in [5.41, 5.74) is 1.36. The minimum Gasteiger partial charge on any atom is -0.494 e. The molecule has 0 aliphatic carbocycles. The van der Waals surface area contributed by atoms with E-state index in [1.165, 1.54) is 7.11 Å². The number of imide groups is 2. The molecule has 1 unspecified atom stereocenters. The summed E-state index contributed by atoms with van der Waals surface area (Å²) in [5, 5.41) is 5.37. The second-order valence-electron chi connectivity index (χ2n) is 8.31. The topological polar surface area (TPSA) is 117 Å². The number of nitrogens with zero attached hydrogens (tertiary/aromatic N) is 2. The molecule has 0 spiro atoms. The highest BCUT2D eigenvalue weighted by molar-refractivity contribution is 6.25. The van der Waals surface area contributed by atoms with Crippen LogP contribution in [0.3, 0.4) is 0 Å². The van der Waals surface area contributed by atoms with Gasteiger partial charge in [-0.05, 0) is 44.8 Å². The number of benzene rings is 2. The second-order valence-corrected chi connectivity index (χ2v) is 8.31. The zero-order valence-electron chi connectivity index (χ0n) is 19.6. The number of likely N-dealkylation sites (N-methyl/N-ethyl adjacent to an activating group) is 1. The lowest BCUT2D eigenvalue weighted by Gasteiger charge is -2.27. The number of carbonyl (C=O) groups excluding carboxylic acids is 4. The zero-order valence-corrected chi connectivity index (χ0v) is 20.4. The lowest BCUT2D eigenvalue weighted by atomic mass is 10.0. The summed E-state index contributed by atoms with van der Waals surface area (Å²) >= 11 is 0. The van der Waals surface area contributed by atoms with Crippen molar-refractivity contribution in [2.24, 2.45) is 0 Å². The molecule has 2 heterocycles. The Morgan fingerprint density at radius 2 is 1.86 bits per heavy atom. The minimum atomic E-state index is -1.02. The van der Waals surface area contributed by atoms with Gasteiger partial charge in [0, 0.05) is 19.0 Å². The molecule has 186 valence electrons. The van der Waals surface area contributed by atoms with E-state index in [9.17, 15) is 19.2 Å². The predicted molar refractivity (Wildman–Crippen MR) is 131 cm³/mol. The van der Waals surface area contributed by atoms with Gasteiger partial charge in [0.15, 0.2) is 0 Å². The number of ether oxygens (including phenoxy) is 2. The maximum Gasteiger partial charge on any atom is 0.264 e. The van der Waals surface area contributed by atoms with Crippen LogP contribution in [0.25, 0.3) is 0 Å². The van der Waals surface area contributed by atoms with Gasteiger partial charge in [0.1, 0.15) is 24.1 Å². The van der Waals surface area contributed by atoms with Gasteiger partial charge >= 0.3 is 0 Å². The Balaban J connectivity index is 0.00000342. The fourth-order valence-electron chi connectivity index (χ4n) is 3.97. The van der Waals surface area contributed by atoms with Gasteiger partial charge in [0.05, 0.1) is 29.6 Å². The molecule has 1 saturated heterocycles. The van der Waals surface area contributed by atoms with Gasteiger partial charge in [0.25, 0.3) is 11.8 Å². The van der Waals surface area contributed by atoms with Crippen LogP contribution in [-0.2, 0) is 9.59 Å². The first kappa shape index (κ1) is 26.0. The van der Waals surface area contributed by atoms with Crippen molar-refractivity contribution < 1.29 is 28.7 Å². The van der Waals surface area contributed by atoms with Crippen molar-refractivity contribution in [1.29, 1.82) is 0 Å². The van der Waals surface area contributed by atoms with Crippen LogP contribution in [0.2, 0.25) is 0 Å². The van der Waals surface area contributed by atoms with Crippen LogP contribution in [0.1, 0.15) is 33.6 Å². The van der Waals surface area contributed by atoms with E-state index in [1.54, 1.807) is 36.4 Å². The molecule has 11 heteroatoms. The van der Waals surface area contributed by atoms with Crippen LogP contribution in [0.15, 0.2) is 36.4 Å². The molecule has 35 heavy (non-hydrogen) atoms. The number of methoxy groups -OCH3 is 1. The van der Waals surface area contributed by atoms with E-state index in [-0.39, 0.29) is 36.4 Å². The molecule has 2 aliphatic heterocycles. The summed E-state index contributed by atoms with van der Waals surface area (Å²) in [6.07, 6.45) is 0.164. The van der Waals surface area contributed by atoms with E-state index in [0.717, 1.165) is 11.4 Å². The molecule has 2 aromatic rings. The SMILES string of the molecule is COc1cc(OCCN(C)C)ccc1Nc1cccc2c1C(=O)N(C1CCC(=O)NC1=O)C2=O.Cl. The fourth-order valence-corrected chi connectivity index (χ4v) is 3.97. The highest BCUT2D eigenvalue weighted by atomic mass is 35.5. The van der Waals surface area contributed by atoms with Crippen molar-refractivity contribution in [3.05, 3.63) is 47.5 Å². The monoisotopic (exact) mass is 502 g/mol. The van der Waals surface area contributed by atoms with Gasteiger partial charge in [-0.2, -0.15) is 0 Å². The van der Waals surface area contributed by atoms with Crippen molar-refractivity contribution in [2.45, 2.75) is 18.9 Å². The first-order chi connectivity index (χ1) is 16.3. The average Bonchev–Trinajstić information content (AvgIpc) is 3.05. The smallest absolute Gasteiger partial charge is 0.264 e. The summed E-state index contributed by atoms with van der Waals surface area (Å²) in [5.74, 6) is -1.07. The van der Waals surface area contributed by atoms with Gasteiger partial charge in [-0.1, -0.05) is 6.07 Å². The normalized spacial score (nSPS) is 17.1. The number of anilines is 2. The molecular formula is C24H27ClN4O6. The molecule has 2 aliphatic rings. The number of rotatable bonds is 8. The first-order valence-electron chi connectivity index (χ1n) is 10.9. The van der Waals surface area contributed by atoms with Crippen molar-refractivity contribution in [2.75, 3.05) is 39.7 Å². The lowest BCUT2D eigenvalue weighted by molar-refractivity contribution is -0.136. The fraction of sp³-hybridized carbons (Fsp3) is 0.333.